The number of nitrogens with zero attached hydrogens (tertiary/aromatic N) is 4. The fraction of sp³-hybridized carbons (Fsp3) is 0.148. The van der Waals surface area contributed by atoms with E-state index < -0.39 is 0 Å². The average Bonchev–Trinajstić information content (AvgIpc) is 3.37. The van der Waals surface area contributed by atoms with Crippen LogP contribution in [0, 0.1) is 5.82 Å². The van der Waals surface area contributed by atoms with Crippen LogP contribution in [0.3, 0.4) is 0 Å². The van der Waals surface area contributed by atoms with E-state index in [1.54, 1.807) is 28.6 Å². The number of thioether (sulfide) groups is 1. The van der Waals surface area contributed by atoms with Crippen molar-refractivity contribution in [2.24, 2.45) is 0 Å². The second kappa shape index (κ2) is 12.5. The Hall–Kier alpha value is -3.46. The smallest absolute Gasteiger partial charge is 0.214 e. The van der Waals surface area contributed by atoms with E-state index in [1.807, 2.05) is 60.7 Å². The highest BCUT2D eigenvalue weighted by Crippen LogP contribution is 2.29. The van der Waals surface area contributed by atoms with Crippen LogP contribution in [-0.4, -0.2) is 32.5 Å². The maximum Gasteiger partial charge on any atom is 0.214 e. The number of para-hydroxylation sites is 1. The third-order valence-corrected chi connectivity index (χ3v) is 6.51. The van der Waals surface area contributed by atoms with Crippen molar-refractivity contribution in [1.82, 2.24) is 25.5 Å². The van der Waals surface area contributed by atoms with Crippen molar-refractivity contribution < 1.29 is 9.13 Å². The first-order chi connectivity index (χ1) is 17.3. The van der Waals surface area contributed by atoms with Gasteiger partial charge in [-0.05, 0) is 45.5 Å². The molecule has 0 aliphatic carbocycles. The lowest BCUT2D eigenvalue weighted by Crippen LogP contribution is -2.18. The van der Waals surface area contributed by atoms with Crippen LogP contribution in [0.5, 0.6) is 5.75 Å². The van der Waals surface area contributed by atoms with Gasteiger partial charge >= 0.3 is 0 Å². The van der Waals surface area contributed by atoms with Gasteiger partial charge < -0.3 is 10.1 Å². The van der Waals surface area contributed by atoms with E-state index in [0.717, 1.165) is 45.2 Å². The van der Waals surface area contributed by atoms with Crippen molar-refractivity contribution in [2.75, 3.05) is 12.3 Å². The Morgan fingerprint density at radius 3 is 2.53 bits per heavy atom. The zero-order valence-corrected chi connectivity index (χ0v) is 21.0. The lowest BCUT2D eigenvalue weighted by atomic mass is 10.0. The maximum atomic E-state index is 14.1. The Bertz CT molecular complexity index is 1420. The molecule has 0 atom stereocenters. The predicted octanol–water partition coefficient (Wildman–Crippen LogP) is 5.84. The normalized spacial score (nSPS) is 10.8. The Balaban J connectivity index is 0.00000304. The highest BCUT2D eigenvalue weighted by Gasteiger charge is 2.11. The van der Waals surface area contributed by atoms with Crippen LogP contribution in [0.4, 0.5) is 4.39 Å². The molecule has 5 aromatic rings. The summed E-state index contributed by atoms with van der Waals surface area (Å²) in [5.41, 5.74) is 2.52. The third-order valence-electron chi connectivity index (χ3n) is 5.59. The van der Waals surface area contributed by atoms with Gasteiger partial charge in [-0.3, -0.25) is 0 Å². The fourth-order valence-corrected chi connectivity index (χ4v) is 4.62. The third kappa shape index (κ3) is 6.02. The number of tetrazole rings is 1. The number of aromatic nitrogens is 4. The number of ether oxygens (including phenoxy) is 1. The van der Waals surface area contributed by atoms with Crippen molar-refractivity contribution in [1.29, 1.82) is 0 Å². The van der Waals surface area contributed by atoms with Crippen molar-refractivity contribution >= 4 is 34.9 Å². The Morgan fingerprint density at radius 1 is 0.889 bits per heavy atom. The molecular weight excluding hydrogens is 497 g/mol. The molecule has 0 saturated carbocycles. The van der Waals surface area contributed by atoms with Gasteiger partial charge in [-0.2, -0.15) is 4.68 Å². The van der Waals surface area contributed by atoms with Gasteiger partial charge in [-0.15, -0.1) is 17.5 Å². The molecule has 1 aromatic heterocycles. The standard InChI is InChI=1S/C27H24FN5OS.ClH/c28-25-13-7-5-9-21(25)19-34-26-15-14-20-8-4-6-12-23(20)24(26)18-29-16-17-35-27-30-31-32-33(27)22-10-2-1-3-11-22;/h1-15,29H,16-19H2;1H. The minimum atomic E-state index is -0.261. The van der Waals surface area contributed by atoms with E-state index in [-0.39, 0.29) is 24.8 Å². The molecule has 0 aliphatic heterocycles. The molecule has 0 amide bonds. The molecule has 6 nitrogen and oxygen atoms in total. The highest BCUT2D eigenvalue weighted by atomic mass is 35.5. The number of rotatable bonds is 10. The van der Waals surface area contributed by atoms with E-state index in [1.165, 1.54) is 6.07 Å². The Labute approximate surface area is 219 Å². The average molecular weight is 522 g/mol. The van der Waals surface area contributed by atoms with E-state index in [9.17, 15) is 4.39 Å². The first kappa shape index (κ1) is 25.6. The summed E-state index contributed by atoms with van der Waals surface area (Å²) < 4.78 is 21.9. The summed E-state index contributed by atoms with van der Waals surface area (Å²) in [6.45, 7) is 1.55. The molecule has 0 fully saturated rings. The lowest BCUT2D eigenvalue weighted by molar-refractivity contribution is 0.296. The van der Waals surface area contributed by atoms with Gasteiger partial charge in [-0.1, -0.05) is 78.5 Å². The molecule has 0 bridgehead atoms. The van der Waals surface area contributed by atoms with Gasteiger partial charge in [0, 0.05) is 30.0 Å². The van der Waals surface area contributed by atoms with E-state index >= 15 is 0 Å². The number of nitrogens with one attached hydrogen (secondary N) is 1. The summed E-state index contributed by atoms with van der Waals surface area (Å²) in [6.07, 6.45) is 0. The zero-order chi connectivity index (χ0) is 23.9. The number of hydrogen-bond donors (Lipinski definition) is 1. The SMILES string of the molecule is Cl.Fc1ccccc1COc1ccc2ccccc2c1CNCCSc1nnnn1-c1ccccc1. The molecule has 1 N–H and O–H groups in total. The zero-order valence-electron chi connectivity index (χ0n) is 19.4. The van der Waals surface area contributed by atoms with Crippen molar-refractivity contribution in [3.05, 3.63) is 108 Å². The summed E-state index contributed by atoms with van der Waals surface area (Å²) in [5, 5.41) is 18.6. The van der Waals surface area contributed by atoms with Crippen LogP contribution in [0.15, 0.2) is 96.2 Å². The molecule has 4 aromatic carbocycles. The number of hydrogen-bond acceptors (Lipinski definition) is 6. The minimum Gasteiger partial charge on any atom is -0.488 e. The molecule has 5 rings (SSSR count). The van der Waals surface area contributed by atoms with Crippen molar-refractivity contribution in [3.63, 3.8) is 0 Å². The topological polar surface area (TPSA) is 64.9 Å². The molecule has 1 heterocycles. The summed E-state index contributed by atoms with van der Waals surface area (Å²) in [7, 11) is 0. The molecule has 0 radical (unpaired) electrons. The Kier molecular flexibility index (Phi) is 8.89. The predicted molar refractivity (Wildman–Crippen MR) is 144 cm³/mol. The van der Waals surface area contributed by atoms with Crippen LogP contribution in [0.25, 0.3) is 16.5 Å². The van der Waals surface area contributed by atoms with Crippen molar-refractivity contribution in [3.8, 4) is 11.4 Å². The Morgan fingerprint density at radius 2 is 1.67 bits per heavy atom. The summed E-state index contributed by atoms with van der Waals surface area (Å²) in [6, 6.07) is 28.7. The molecule has 184 valence electrons. The van der Waals surface area contributed by atoms with Gasteiger partial charge in [0.15, 0.2) is 0 Å². The molecule has 9 heteroatoms. The minimum absolute atomic E-state index is 0. The van der Waals surface area contributed by atoms with Gasteiger partial charge in [0.2, 0.25) is 5.16 Å². The van der Waals surface area contributed by atoms with Crippen LogP contribution < -0.4 is 10.1 Å². The van der Waals surface area contributed by atoms with Gasteiger partial charge in [-0.25, -0.2) is 4.39 Å². The monoisotopic (exact) mass is 521 g/mol. The summed E-state index contributed by atoms with van der Waals surface area (Å²) in [4.78, 5) is 0. The largest absolute Gasteiger partial charge is 0.488 e. The lowest BCUT2D eigenvalue weighted by Gasteiger charge is -2.15. The fourth-order valence-electron chi connectivity index (χ4n) is 3.83. The van der Waals surface area contributed by atoms with Crippen LogP contribution >= 0.6 is 24.2 Å². The van der Waals surface area contributed by atoms with E-state index in [4.69, 9.17) is 4.74 Å². The first-order valence-corrected chi connectivity index (χ1v) is 12.3. The van der Waals surface area contributed by atoms with Crippen LogP contribution in [0.2, 0.25) is 0 Å². The quantitative estimate of drug-likeness (QED) is 0.184. The van der Waals surface area contributed by atoms with Crippen LogP contribution in [0.1, 0.15) is 11.1 Å². The maximum absolute atomic E-state index is 14.1. The van der Waals surface area contributed by atoms with E-state index in [2.05, 4.69) is 33.0 Å². The number of benzene rings is 4. The number of fused-ring (bicyclic) bond motifs is 1. The molecule has 0 spiro atoms. The highest BCUT2D eigenvalue weighted by molar-refractivity contribution is 7.99. The molecule has 0 saturated heterocycles. The summed E-state index contributed by atoms with van der Waals surface area (Å²) >= 11 is 1.59. The number of halogens is 2. The van der Waals surface area contributed by atoms with Gasteiger partial charge in [0.05, 0.1) is 5.69 Å². The molecule has 0 unspecified atom stereocenters. The van der Waals surface area contributed by atoms with Gasteiger partial charge in [0.25, 0.3) is 0 Å². The second-order valence-corrected chi connectivity index (χ2v) is 8.94. The van der Waals surface area contributed by atoms with Gasteiger partial charge in [0.1, 0.15) is 18.2 Å². The molecule has 36 heavy (non-hydrogen) atoms. The molecular formula is C27H25ClFN5OS. The second-order valence-electron chi connectivity index (χ2n) is 7.88. The first-order valence-electron chi connectivity index (χ1n) is 11.3. The van der Waals surface area contributed by atoms with Crippen molar-refractivity contribution in [2.45, 2.75) is 18.3 Å². The molecule has 0 aliphatic rings. The van der Waals surface area contributed by atoms with E-state index in [0.29, 0.717) is 12.1 Å². The van der Waals surface area contributed by atoms with Crippen LogP contribution in [-0.2, 0) is 13.2 Å². The summed E-state index contributed by atoms with van der Waals surface area (Å²) in [5.74, 6) is 1.28.